The predicted molar refractivity (Wildman–Crippen MR) is 73.8 cm³/mol. The third kappa shape index (κ3) is 2.90. The Balaban J connectivity index is 2.21. The van der Waals surface area contributed by atoms with Gasteiger partial charge in [-0.05, 0) is 18.1 Å². The van der Waals surface area contributed by atoms with Crippen molar-refractivity contribution in [2.24, 2.45) is 0 Å². The van der Waals surface area contributed by atoms with E-state index >= 15 is 0 Å². The standard InChI is InChI=1S/C14H13NO2S/c1-11-6-5-9-13(15(16)17)14(11)18-10-12-7-3-2-4-8-12/h2-9H,10H2,1H3. The van der Waals surface area contributed by atoms with E-state index in [-0.39, 0.29) is 10.6 Å². The molecule has 0 N–H and O–H groups in total. The minimum atomic E-state index is -0.319. The van der Waals surface area contributed by atoms with E-state index in [1.54, 1.807) is 12.1 Å². The van der Waals surface area contributed by atoms with Crippen molar-refractivity contribution in [3.05, 3.63) is 69.8 Å². The largest absolute Gasteiger partial charge is 0.283 e. The summed E-state index contributed by atoms with van der Waals surface area (Å²) in [6, 6.07) is 15.1. The Morgan fingerprint density at radius 3 is 2.50 bits per heavy atom. The van der Waals surface area contributed by atoms with E-state index in [1.165, 1.54) is 17.3 Å². The molecule has 0 amide bonds. The summed E-state index contributed by atoms with van der Waals surface area (Å²) in [4.78, 5) is 11.4. The molecule has 92 valence electrons. The molecule has 0 aromatic heterocycles. The number of aryl methyl sites for hydroxylation is 1. The highest BCUT2D eigenvalue weighted by atomic mass is 32.2. The van der Waals surface area contributed by atoms with Gasteiger partial charge in [-0.2, -0.15) is 0 Å². The maximum Gasteiger partial charge on any atom is 0.283 e. The van der Waals surface area contributed by atoms with Crippen molar-refractivity contribution in [2.45, 2.75) is 17.6 Å². The molecule has 0 saturated carbocycles. The van der Waals surface area contributed by atoms with Crippen LogP contribution in [0.2, 0.25) is 0 Å². The lowest BCUT2D eigenvalue weighted by atomic mass is 10.2. The molecular weight excluding hydrogens is 246 g/mol. The van der Waals surface area contributed by atoms with E-state index in [2.05, 4.69) is 0 Å². The number of rotatable bonds is 4. The Labute approximate surface area is 110 Å². The number of nitro groups is 1. The van der Waals surface area contributed by atoms with E-state index in [9.17, 15) is 10.1 Å². The van der Waals surface area contributed by atoms with Crippen molar-refractivity contribution < 1.29 is 4.92 Å². The van der Waals surface area contributed by atoms with Crippen LogP contribution >= 0.6 is 11.8 Å². The second-order valence-electron chi connectivity index (χ2n) is 3.95. The molecule has 0 bridgehead atoms. The highest BCUT2D eigenvalue weighted by Gasteiger charge is 2.15. The Hall–Kier alpha value is -1.81. The summed E-state index contributed by atoms with van der Waals surface area (Å²) >= 11 is 1.51. The van der Waals surface area contributed by atoms with Gasteiger partial charge in [0.15, 0.2) is 0 Å². The molecule has 2 aromatic rings. The van der Waals surface area contributed by atoms with Gasteiger partial charge in [0.25, 0.3) is 5.69 Å². The minimum Gasteiger partial charge on any atom is -0.258 e. The molecule has 0 aliphatic carbocycles. The normalized spacial score (nSPS) is 10.3. The van der Waals surface area contributed by atoms with Gasteiger partial charge in [0.05, 0.1) is 9.82 Å². The zero-order valence-corrected chi connectivity index (χ0v) is 10.8. The molecule has 0 aliphatic rings. The fraction of sp³-hybridized carbons (Fsp3) is 0.143. The van der Waals surface area contributed by atoms with Crippen molar-refractivity contribution in [2.75, 3.05) is 0 Å². The number of thioether (sulfide) groups is 1. The Morgan fingerprint density at radius 2 is 1.83 bits per heavy atom. The molecule has 0 atom stereocenters. The highest BCUT2D eigenvalue weighted by Crippen LogP contribution is 2.34. The van der Waals surface area contributed by atoms with Gasteiger partial charge in [-0.25, -0.2) is 0 Å². The van der Waals surface area contributed by atoms with Gasteiger partial charge < -0.3 is 0 Å². The van der Waals surface area contributed by atoms with Gasteiger partial charge >= 0.3 is 0 Å². The second-order valence-corrected chi connectivity index (χ2v) is 4.94. The maximum absolute atomic E-state index is 11.0. The van der Waals surface area contributed by atoms with Gasteiger partial charge in [0.1, 0.15) is 0 Å². The fourth-order valence-corrected chi connectivity index (χ4v) is 2.79. The summed E-state index contributed by atoms with van der Waals surface area (Å²) in [6.07, 6.45) is 0. The Kier molecular flexibility index (Phi) is 3.99. The lowest BCUT2D eigenvalue weighted by molar-refractivity contribution is -0.387. The van der Waals surface area contributed by atoms with Crippen LogP contribution in [0.4, 0.5) is 5.69 Å². The van der Waals surface area contributed by atoms with E-state index in [4.69, 9.17) is 0 Å². The van der Waals surface area contributed by atoms with E-state index in [0.717, 1.165) is 16.2 Å². The van der Waals surface area contributed by atoms with Crippen LogP contribution < -0.4 is 0 Å². The van der Waals surface area contributed by atoms with Crippen molar-refractivity contribution in [1.29, 1.82) is 0 Å². The first-order chi connectivity index (χ1) is 8.68. The lowest BCUT2D eigenvalue weighted by Crippen LogP contribution is -1.93. The third-order valence-electron chi connectivity index (χ3n) is 2.61. The molecule has 0 unspecified atom stereocenters. The van der Waals surface area contributed by atoms with Gasteiger partial charge in [-0.1, -0.05) is 42.5 Å². The smallest absolute Gasteiger partial charge is 0.258 e. The number of hydrogen-bond donors (Lipinski definition) is 0. The van der Waals surface area contributed by atoms with Crippen LogP contribution in [-0.4, -0.2) is 4.92 Å². The molecule has 3 nitrogen and oxygen atoms in total. The second kappa shape index (κ2) is 5.69. The highest BCUT2D eigenvalue weighted by molar-refractivity contribution is 7.98. The summed E-state index contributed by atoms with van der Waals surface area (Å²) in [7, 11) is 0. The summed E-state index contributed by atoms with van der Waals surface area (Å²) in [5.41, 5.74) is 2.31. The summed E-state index contributed by atoms with van der Waals surface area (Å²) in [5, 5.41) is 11.0. The van der Waals surface area contributed by atoms with E-state index < -0.39 is 0 Å². The van der Waals surface area contributed by atoms with Crippen LogP contribution in [0.15, 0.2) is 53.4 Å². The summed E-state index contributed by atoms with van der Waals surface area (Å²) < 4.78 is 0. The van der Waals surface area contributed by atoms with Gasteiger partial charge in [0.2, 0.25) is 0 Å². The average molecular weight is 259 g/mol. The molecule has 0 fully saturated rings. The SMILES string of the molecule is Cc1cccc([N+](=O)[O-])c1SCc1ccccc1. The van der Waals surface area contributed by atoms with Crippen molar-refractivity contribution in [1.82, 2.24) is 0 Å². The van der Waals surface area contributed by atoms with Crippen molar-refractivity contribution in [3.63, 3.8) is 0 Å². The van der Waals surface area contributed by atoms with Crippen LogP contribution in [0.25, 0.3) is 0 Å². The third-order valence-corrected chi connectivity index (χ3v) is 3.91. The monoisotopic (exact) mass is 259 g/mol. The molecule has 0 heterocycles. The van der Waals surface area contributed by atoms with Crippen LogP contribution in [0, 0.1) is 17.0 Å². The molecule has 2 aromatic carbocycles. The molecule has 2 rings (SSSR count). The van der Waals surface area contributed by atoms with Crippen LogP contribution in [0.1, 0.15) is 11.1 Å². The van der Waals surface area contributed by atoms with Crippen molar-refractivity contribution >= 4 is 17.4 Å². The zero-order valence-electron chi connectivity index (χ0n) is 10.00. The first-order valence-corrected chi connectivity index (χ1v) is 6.58. The number of nitro benzene ring substituents is 1. The average Bonchev–Trinajstić information content (AvgIpc) is 2.38. The van der Waals surface area contributed by atoms with Crippen LogP contribution in [0.5, 0.6) is 0 Å². The topological polar surface area (TPSA) is 43.1 Å². The number of hydrogen-bond acceptors (Lipinski definition) is 3. The van der Waals surface area contributed by atoms with E-state index in [1.807, 2.05) is 43.3 Å². The molecule has 0 spiro atoms. The van der Waals surface area contributed by atoms with Gasteiger partial charge in [0, 0.05) is 11.8 Å². The molecule has 0 saturated heterocycles. The molecule has 18 heavy (non-hydrogen) atoms. The fourth-order valence-electron chi connectivity index (χ4n) is 1.70. The lowest BCUT2D eigenvalue weighted by Gasteiger charge is -2.06. The minimum absolute atomic E-state index is 0.191. The Bertz CT molecular complexity index is 555. The predicted octanol–water partition coefficient (Wildman–Crippen LogP) is 4.20. The first-order valence-electron chi connectivity index (χ1n) is 5.59. The zero-order chi connectivity index (χ0) is 13.0. The summed E-state index contributed by atoms with van der Waals surface area (Å²) in [6.45, 7) is 1.90. The summed E-state index contributed by atoms with van der Waals surface area (Å²) in [5.74, 6) is 0.743. The van der Waals surface area contributed by atoms with Gasteiger partial charge in [-0.15, -0.1) is 11.8 Å². The molecule has 4 heteroatoms. The number of nitrogens with zero attached hydrogens (tertiary/aromatic N) is 1. The Morgan fingerprint density at radius 1 is 1.11 bits per heavy atom. The van der Waals surface area contributed by atoms with Crippen LogP contribution in [-0.2, 0) is 5.75 Å². The molecular formula is C14H13NO2S. The maximum atomic E-state index is 11.0. The van der Waals surface area contributed by atoms with Gasteiger partial charge in [-0.3, -0.25) is 10.1 Å². The number of benzene rings is 2. The van der Waals surface area contributed by atoms with Crippen LogP contribution in [0.3, 0.4) is 0 Å². The quantitative estimate of drug-likeness (QED) is 0.469. The first kappa shape index (κ1) is 12.6. The molecule has 0 radical (unpaired) electrons. The molecule has 0 aliphatic heterocycles. The van der Waals surface area contributed by atoms with E-state index in [0.29, 0.717) is 0 Å². The van der Waals surface area contributed by atoms with Crippen molar-refractivity contribution in [3.8, 4) is 0 Å².